The minimum absolute atomic E-state index is 0.202. The molecule has 1 unspecified atom stereocenters. The number of carbonyl (C=O) groups excluding carboxylic acids is 2. The number of halogens is 3. The first kappa shape index (κ1) is 23.6. The summed E-state index contributed by atoms with van der Waals surface area (Å²) in [4.78, 5) is 24.4. The highest BCUT2D eigenvalue weighted by Gasteiger charge is 2.30. The molecule has 33 heavy (non-hydrogen) atoms. The van der Waals surface area contributed by atoms with Crippen LogP contribution in [0.15, 0.2) is 78.9 Å². The highest BCUT2D eigenvalue weighted by Crippen LogP contribution is 2.30. The molecule has 3 aromatic rings. The van der Waals surface area contributed by atoms with Gasteiger partial charge in [0.15, 0.2) is 0 Å². The highest BCUT2D eigenvalue weighted by atomic mass is 19.4. The number of benzene rings is 3. The fourth-order valence-electron chi connectivity index (χ4n) is 2.89. The van der Waals surface area contributed by atoms with Crippen molar-refractivity contribution < 1.29 is 22.8 Å². The van der Waals surface area contributed by atoms with E-state index in [2.05, 4.69) is 10.6 Å². The van der Waals surface area contributed by atoms with Crippen molar-refractivity contribution in [3.63, 3.8) is 0 Å². The van der Waals surface area contributed by atoms with Crippen LogP contribution in [0.25, 0.3) is 6.08 Å². The number of nitrogens with one attached hydrogen (secondary N) is 2. The van der Waals surface area contributed by atoms with Crippen LogP contribution in [-0.4, -0.2) is 11.8 Å². The van der Waals surface area contributed by atoms with Gasteiger partial charge in [-0.15, -0.1) is 0 Å². The van der Waals surface area contributed by atoms with Gasteiger partial charge in [-0.3, -0.25) is 9.59 Å². The van der Waals surface area contributed by atoms with Crippen molar-refractivity contribution in [1.82, 2.24) is 0 Å². The number of hydrogen-bond donors (Lipinski definition) is 4. The molecule has 0 saturated carbocycles. The number of hydrogen-bond acceptors (Lipinski definition) is 4. The molecule has 0 heterocycles. The zero-order valence-corrected chi connectivity index (χ0v) is 17.3. The summed E-state index contributed by atoms with van der Waals surface area (Å²) in [6, 6.07) is 16.6. The molecule has 3 aromatic carbocycles. The predicted molar refractivity (Wildman–Crippen MR) is 122 cm³/mol. The molecule has 0 aliphatic carbocycles. The summed E-state index contributed by atoms with van der Waals surface area (Å²) in [7, 11) is 0. The van der Waals surface area contributed by atoms with Crippen molar-refractivity contribution in [3.8, 4) is 0 Å². The van der Waals surface area contributed by atoms with E-state index in [1.54, 1.807) is 54.6 Å². The van der Waals surface area contributed by atoms with Crippen molar-refractivity contribution in [1.29, 1.82) is 0 Å². The van der Waals surface area contributed by atoms with E-state index in [1.165, 1.54) is 6.08 Å². The predicted octanol–water partition coefficient (Wildman–Crippen LogP) is 4.58. The monoisotopic (exact) mass is 454 g/mol. The normalized spacial score (nSPS) is 12.4. The van der Waals surface area contributed by atoms with Crippen LogP contribution < -0.4 is 22.1 Å². The van der Waals surface area contributed by atoms with Gasteiger partial charge >= 0.3 is 6.18 Å². The summed E-state index contributed by atoms with van der Waals surface area (Å²) in [6.45, 7) is 0. The number of nitrogen functional groups attached to an aromatic ring is 1. The van der Waals surface area contributed by atoms with E-state index < -0.39 is 23.7 Å². The van der Waals surface area contributed by atoms with Gasteiger partial charge < -0.3 is 22.1 Å². The third kappa shape index (κ3) is 6.44. The van der Waals surface area contributed by atoms with Crippen LogP contribution in [-0.2, 0) is 15.8 Å². The minimum Gasteiger partial charge on any atom is -0.397 e. The van der Waals surface area contributed by atoms with Crippen LogP contribution in [0.4, 0.5) is 30.2 Å². The first-order chi connectivity index (χ1) is 15.6. The summed E-state index contributed by atoms with van der Waals surface area (Å²) >= 11 is 0. The maximum Gasteiger partial charge on any atom is 0.416 e. The molecule has 0 bridgehead atoms. The molecular formula is C24H21F3N4O2. The first-order valence-electron chi connectivity index (χ1n) is 9.81. The van der Waals surface area contributed by atoms with E-state index in [0.29, 0.717) is 22.5 Å². The molecule has 0 aliphatic heterocycles. The number of anilines is 3. The average molecular weight is 454 g/mol. The van der Waals surface area contributed by atoms with Crippen molar-refractivity contribution in [2.45, 2.75) is 12.2 Å². The molecule has 0 saturated heterocycles. The Morgan fingerprint density at radius 3 is 2.12 bits per heavy atom. The second-order valence-corrected chi connectivity index (χ2v) is 7.12. The molecule has 0 radical (unpaired) electrons. The van der Waals surface area contributed by atoms with Crippen LogP contribution in [0.3, 0.4) is 0 Å². The summed E-state index contributed by atoms with van der Waals surface area (Å²) in [5.74, 6) is -0.928. The van der Waals surface area contributed by atoms with Gasteiger partial charge in [-0.1, -0.05) is 36.4 Å². The van der Waals surface area contributed by atoms with E-state index >= 15 is 0 Å². The first-order valence-corrected chi connectivity index (χ1v) is 9.81. The fraction of sp³-hybridized carbons (Fsp3) is 0.0833. The summed E-state index contributed by atoms with van der Waals surface area (Å²) < 4.78 is 37.9. The van der Waals surface area contributed by atoms with Crippen molar-refractivity contribution >= 4 is 35.0 Å². The molecule has 9 heteroatoms. The Labute approximate surface area is 188 Å². The number of carbonyl (C=O) groups is 2. The van der Waals surface area contributed by atoms with Crippen LogP contribution in [0, 0.1) is 0 Å². The minimum atomic E-state index is -4.45. The van der Waals surface area contributed by atoms with Gasteiger partial charge in [0.25, 0.3) is 0 Å². The molecule has 1 atom stereocenters. The van der Waals surface area contributed by atoms with Gasteiger partial charge in [-0.2, -0.15) is 13.2 Å². The molecule has 2 amide bonds. The maximum atomic E-state index is 12.6. The Morgan fingerprint density at radius 1 is 0.879 bits per heavy atom. The fourth-order valence-corrected chi connectivity index (χ4v) is 2.89. The Morgan fingerprint density at radius 2 is 1.52 bits per heavy atom. The Balaban J connectivity index is 1.58. The summed E-state index contributed by atoms with van der Waals surface area (Å²) in [6.07, 6.45) is -1.52. The molecule has 6 N–H and O–H groups in total. The Bertz CT molecular complexity index is 1160. The van der Waals surface area contributed by atoms with Crippen LogP contribution in [0.1, 0.15) is 22.7 Å². The zero-order valence-electron chi connectivity index (χ0n) is 17.3. The lowest BCUT2D eigenvalue weighted by atomic mass is 10.0. The summed E-state index contributed by atoms with van der Waals surface area (Å²) in [5.41, 5.74) is 13.3. The van der Waals surface area contributed by atoms with Gasteiger partial charge in [0.1, 0.15) is 6.04 Å². The van der Waals surface area contributed by atoms with E-state index in [0.717, 1.165) is 24.3 Å². The second-order valence-electron chi connectivity index (χ2n) is 7.12. The zero-order chi connectivity index (χ0) is 24.0. The lowest BCUT2D eigenvalue weighted by molar-refractivity contribution is -0.137. The molecule has 0 aliphatic rings. The van der Waals surface area contributed by atoms with Gasteiger partial charge in [0, 0.05) is 11.8 Å². The quantitative estimate of drug-likeness (QED) is 0.323. The Hall–Kier alpha value is -4.11. The van der Waals surface area contributed by atoms with Crippen molar-refractivity contribution in [3.05, 3.63) is 95.6 Å². The van der Waals surface area contributed by atoms with E-state index in [9.17, 15) is 22.8 Å². The lowest BCUT2D eigenvalue weighted by Gasteiger charge is -2.14. The topological polar surface area (TPSA) is 110 Å². The third-order valence-electron chi connectivity index (χ3n) is 4.70. The van der Waals surface area contributed by atoms with Gasteiger partial charge in [-0.25, -0.2) is 0 Å². The van der Waals surface area contributed by atoms with E-state index in [1.807, 2.05) is 0 Å². The molecule has 0 aromatic heterocycles. The smallest absolute Gasteiger partial charge is 0.397 e. The number of para-hydroxylation sites is 2. The standard InChI is InChI=1S/C24H21F3N4O2/c25-24(26,27)17-10-12-18(13-11-17)30-23(33)22(29)16-8-5-15(6-9-16)7-14-21(32)31-20-4-2-1-3-19(20)28/h1-14,22H,28-29H2,(H,30,33)(H,31,32)/b14-7+. The maximum absolute atomic E-state index is 12.6. The van der Waals surface area contributed by atoms with Crippen molar-refractivity contribution in [2.75, 3.05) is 16.4 Å². The van der Waals surface area contributed by atoms with Gasteiger partial charge in [0.05, 0.1) is 16.9 Å². The Kier molecular flexibility index (Phi) is 7.14. The van der Waals surface area contributed by atoms with Crippen LogP contribution in [0.2, 0.25) is 0 Å². The number of rotatable bonds is 6. The van der Waals surface area contributed by atoms with Gasteiger partial charge in [-0.05, 0) is 53.6 Å². The number of amides is 2. The number of nitrogens with two attached hydrogens (primary N) is 2. The lowest BCUT2D eigenvalue weighted by Crippen LogP contribution is -2.27. The molecule has 170 valence electrons. The van der Waals surface area contributed by atoms with E-state index in [4.69, 9.17) is 11.5 Å². The molecule has 3 rings (SSSR count). The molecular weight excluding hydrogens is 433 g/mol. The molecule has 0 fully saturated rings. The van der Waals surface area contributed by atoms with E-state index in [-0.39, 0.29) is 11.6 Å². The largest absolute Gasteiger partial charge is 0.416 e. The number of alkyl halides is 3. The van der Waals surface area contributed by atoms with Gasteiger partial charge in [0.2, 0.25) is 11.8 Å². The van der Waals surface area contributed by atoms with Crippen LogP contribution >= 0.6 is 0 Å². The van der Waals surface area contributed by atoms with Crippen molar-refractivity contribution in [2.24, 2.45) is 5.73 Å². The third-order valence-corrected chi connectivity index (χ3v) is 4.70. The van der Waals surface area contributed by atoms with Crippen LogP contribution in [0.5, 0.6) is 0 Å². The second kappa shape index (κ2) is 10.0. The highest BCUT2D eigenvalue weighted by molar-refractivity contribution is 6.03. The molecule has 0 spiro atoms. The average Bonchev–Trinajstić information content (AvgIpc) is 2.79. The molecule has 6 nitrogen and oxygen atoms in total. The SMILES string of the molecule is Nc1ccccc1NC(=O)/C=C/c1ccc(C(N)C(=O)Nc2ccc(C(F)(F)F)cc2)cc1. The summed E-state index contributed by atoms with van der Waals surface area (Å²) in [5, 5.41) is 5.17.